The van der Waals surface area contributed by atoms with Crippen molar-refractivity contribution < 1.29 is 23.8 Å². The maximum absolute atomic E-state index is 12.3. The van der Waals surface area contributed by atoms with Crippen LogP contribution in [0.1, 0.15) is 52.4 Å². The summed E-state index contributed by atoms with van der Waals surface area (Å²) in [6, 6.07) is 0. The van der Waals surface area contributed by atoms with Crippen LogP contribution in [-0.4, -0.2) is 67.9 Å². The van der Waals surface area contributed by atoms with Gasteiger partial charge in [-0.3, -0.25) is 4.90 Å². The number of aryl methyl sites for hydroxylation is 1. The van der Waals surface area contributed by atoms with Gasteiger partial charge in [-0.05, 0) is 45.7 Å². The summed E-state index contributed by atoms with van der Waals surface area (Å²) >= 11 is 0. The predicted octanol–water partition coefficient (Wildman–Crippen LogP) is 2.36. The van der Waals surface area contributed by atoms with Crippen LogP contribution in [0.15, 0.2) is 0 Å². The minimum Gasteiger partial charge on any atom is -0.462 e. The lowest BCUT2D eigenvalue weighted by molar-refractivity contribution is 0.0374. The first-order valence-electron chi connectivity index (χ1n) is 8.94. The van der Waals surface area contributed by atoms with Gasteiger partial charge in [0.1, 0.15) is 5.69 Å². The molecule has 0 amide bonds. The fourth-order valence-corrected chi connectivity index (χ4v) is 3.04. The zero-order valence-electron chi connectivity index (χ0n) is 15.8. The van der Waals surface area contributed by atoms with E-state index in [4.69, 9.17) is 14.2 Å². The van der Waals surface area contributed by atoms with Crippen LogP contribution in [-0.2, 0) is 20.6 Å². The number of ether oxygens (including phenoxy) is 3. The predicted molar refractivity (Wildman–Crippen MR) is 100 cm³/mol. The van der Waals surface area contributed by atoms with Crippen LogP contribution in [0.3, 0.4) is 0 Å². The molecule has 0 bridgehead atoms. The number of carbonyl (C=O) groups excluding carboxylic acids is 2. The van der Waals surface area contributed by atoms with Gasteiger partial charge in [0.2, 0.25) is 0 Å². The Kier molecular flexibility index (Phi) is 9.69. The van der Waals surface area contributed by atoms with Gasteiger partial charge in [0.15, 0.2) is 0 Å². The molecule has 1 aromatic rings. The summed E-state index contributed by atoms with van der Waals surface area (Å²) in [4.78, 5) is 29.9. The molecule has 0 atom stereocenters. The Labute approximate surface area is 160 Å². The van der Waals surface area contributed by atoms with E-state index in [0.29, 0.717) is 36.5 Å². The van der Waals surface area contributed by atoms with Crippen molar-refractivity contribution in [3.63, 3.8) is 0 Å². The standard InChI is InChI=1S/C18H28N2O5.ClH/c1-4-24-17(21)15-13(3)16(18(22)25-5-2)19-14(15)7-6-8-20-9-11-23-12-10-20;/h19H,4-12H2,1-3H3;1H. The highest BCUT2D eigenvalue weighted by Gasteiger charge is 2.25. The second-order valence-corrected chi connectivity index (χ2v) is 5.98. The van der Waals surface area contributed by atoms with E-state index in [9.17, 15) is 9.59 Å². The highest BCUT2D eigenvalue weighted by molar-refractivity contribution is 5.98. The largest absolute Gasteiger partial charge is 0.462 e. The van der Waals surface area contributed by atoms with Crippen molar-refractivity contribution >= 4 is 24.3 Å². The van der Waals surface area contributed by atoms with E-state index in [0.717, 1.165) is 45.0 Å². The Morgan fingerprint density at radius 3 is 2.35 bits per heavy atom. The molecule has 1 N–H and O–H groups in total. The number of hydrogen-bond acceptors (Lipinski definition) is 6. The van der Waals surface area contributed by atoms with Gasteiger partial charge in [0, 0.05) is 18.8 Å². The number of nitrogens with one attached hydrogen (secondary N) is 1. The normalized spacial score (nSPS) is 14.6. The van der Waals surface area contributed by atoms with Crippen molar-refractivity contribution in [1.82, 2.24) is 9.88 Å². The third kappa shape index (κ3) is 5.72. The third-order valence-corrected chi connectivity index (χ3v) is 4.29. The molecule has 1 aromatic heterocycles. The Hall–Kier alpha value is -1.57. The fourth-order valence-electron chi connectivity index (χ4n) is 3.04. The summed E-state index contributed by atoms with van der Waals surface area (Å²) in [5, 5.41) is 0. The van der Waals surface area contributed by atoms with Crippen LogP contribution >= 0.6 is 12.4 Å². The van der Waals surface area contributed by atoms with E-state index in [-0.39, 0.29) is 12.4 Å². The lowest BCUT2D eigenvalue weighted by Crippen LogP contribution is -2.37. The average Bonchev–Trinajstić information content (AvgIpc) is 2.93. The van der Waals surface area contributed by atoms with Crippen molar-refractivity contribution in [3.8, 4) is 0 Å². The molecule has 2 heterocycles. The van der Waals surface area contributed by atoms with Gasteiger partial charge < -0.3 is 19.2 Å². The van der Waals surface area contributed by atoms with Gasteiger partial charge in [-0.2, -0.15) is 0 Å². The zero-order chi connectivity index (χ0) is 18.2. The molecule has 0 saturated carbocycles. The van der Waals surface area contributed by atoms with Crippen molar-refractivity contribution in [2.24, 2.45) is 0 Å². The number of aromatic nitrogens is 1. The number of hydrogen-bond donors (Lipinski definition) is 1. The first-order chi connectivity index (χ1) is 12.1. The summed E-state index contributed by atoms with van der Waals surface area (Å²) in [7, 11) is 0. The highest BCUT2D eigenvalue weighted by Crippen LogP contribution is 2.22. The van der Waals surface area contributed by atoms with Crippen molar-refractivity contribution in [2.75, 3.05) is 46.1 Å². The number of morpholine rings is 1. The van der Waals surface area contributed by atoms with Crippen molar-refractivity contribution in [2.45, 2.75) is 33.6 Å². The lowest BCUT2D eigenvalue weighted by atomic mass is 10.1. The van der Waals surface area contributed by atoms with Gasteiger partial charge in [-0.1, -0.05) is 0 Å². The molecule has 0 aliphatic carbocycles. The Bertz CT molecular complexity index is 597. The molecule has 0 radical (unpaired) electrons. The quantitative estimate of drug-likeness (QED) is 0.688. The van der Waals surface area contributed by atoms with E-state index in [1.165, 1.54) is 0 Å². The van der Waals surface area contributed by atoms with Crippen molar-refractivity contribution in [1.29, 1.82) is 0 Å². The van der Waals surface area contributed by atoms with Gasteiger partial charge in [-0.25, -0.2) is 9.59 Å². The third-order valence-electron chi connectivity index (χ3n) is 4.29. The Morgan fingerprint density at radius 1 is 1.12 bits per heavy atom. The van der Waals surface area contributed by atoms with Crippen LogP contribution in [0.4, 0.5) is 0 Å². The number of carbonyl (C=O) groups is 2. The second-order valence-electron chi connectivity index (χ2n) is 5.98. The molecule has 1 aliphatic heterocycles. The second kappa shape index (κ2) is 11.2. The van der Waals surface area contributed by atoms with E-state index < -0.39 is 11.9 Å². The van der Waals surface area contributed by atoms with Crippen LogP contribution in [0, 0.1) is 6.92 Å². The summed E-state index contributed by atoms with van der Waals surface area (Å²) < 4.78 is 15.6. The highest BCUT2D eigenvalue weighted by atomic mass is 35.5. The number of esters is 2. The van der Waals surface area contributed by atoms with Crippen LogP contribution in [0.2, 0.25) is 0 Å². The molecule has 8 heteroatoms. The molecule has 0 spiro atoms. The van der Waals surface area contributed by atoms with Crippen LogP contribution < -0.4 is 0 Å². The molecule has 148 valence electrons. The van der Waals surface area contributed by atoms with Crippen LogP contribution in [0.25, 0.3) is 0 Å². The molecule has 0 unspecified atom stereocenters. The maximum Gasteiger partial charge on any atom is 0.355 e. The monoisotopic (exact) mass is 388 g/mol. The van der Waals surface area contributed by atoms with Gasteiger partial charge in [0.05, 0.1) is 32.0 Å². The minimum absolute atomic E-state index is 0. The lowest BCUT2D eigenvalue weighted by Gasteiger charge is -2.26. The topological polar surface area (TPSA) is 80.9 Å². The molecule has 7 nitrogen and oxygen atoms in total. The molecule has 26 heavy (non-hydrogen) atoms. The number of nitrogens with zero attached hydrogens (tertiary/aromatic N) is 1. The van der Waals surface area contributed by atoms with Gasteiger partial charge in [-0.15, -0.1) is 12.4 Å². The van der Waals surface area contributed by atoms with E-state index in [1.807, 2.05) is 0 Å². The van der Waals surface area contributed by atoms with Crippen molar-refractivity contribution in [3.05, 3.63) is 22.5 Å². The zero-order valence-corrected chi connectivity index (χ0v) is 16.6. The number of aromatic amines is 1. The van der Waals surface area contributed by atoms with Gasteiger partial charge in [0.25, 0.3) is 0 Å². The Morgan fingerprint density at radius 2 is 1.73 bits per heavy atom. The first kappa shape index (κ1) is 22.5. The summed E-state index contributed by atoms with van der Waals surface area (Å²) in [5.74, 6) is -0.835. The molecule has 1 fully saturated rings. The van der Waals surface area contributed by atoms with Crippen LogP contribution in [0.5, 0.6) is 0 Å². The molecule has 1 aliphatic rings. The van der Waals surface area contributed by atoms with Gasteiger partial charge >= 0.3 is 11.9 Å². The smallest absolute Gasteiger partial charge is 0.355 e. The number of H-pyrrole nitrogens is 1. The first-order valence-corrected chi connectivity index (χ1v) is 8.94. The molecule has 1 saturated heterocycles. The van der Waals surface area contributed by atoms with E-state index in [1.54, 1.807) is 20.8 Å². The average molecular weight is 389 g/mol. The Balaban J connectivity index is 0.00000338. The minimum atomic E-state index is -0.440. The summed E-state index contributed by atoms with van der Waals surface area (Å²) in [6.45, 7) is 10.2. The summed E-state index contributed by atoms with van der Waals surface area (Å²) in [6.07, 6.45) is 1.56. The molecule has 2 rings (SSSR count). The maximum atomic E-state index is 12.3. The SMILES string of the molecule is CCOC(=O)c1[nH]c(CCCN2CCOCC2)c(C(=O)OCC)c1C.Cl. The molecular formula is C18H29ClN2O5. The van der Waals surface area contributed by atoms with E-state index >= 15 is 0 Å². The fraction of sp³-hybridized carbons (Fsp3) is 0.667. The number of rotatable bonds is 8. The van der Waals surface area contributed by atoms with E-state index in [2.05, 4.69) is 9.88 Å². The number of halogens is 1. The molecular weight excluding hydrogens is 360 g/mol. The molecule has 0 aromatic carbocycles. The summed E-state index contributed by atoms with van der Waals surface area (Å²) in [5.41, 5.74) is 2.14.